The fraction of sp³-hybridized carbons (Fsp3) is 0.368. The van der Waals surface area contributed by atoms with Gasteiger partial charge < -0.3 is 5.32 Å². The summed E-state index contributed by atoms with van der Waals surface area (Å²) in [5.74, 6) is 1.89. The molecule has 3 heterocycles. The molecular weight excluding hydrogens is 316 g/mol. The van der Waals surface area contributed by atoms with Crippen molar-refractivity contribution in [2.75, 3.05) is 18.4 Å². The van der Waals surface area contributed by atoms with Gasteiger partial charge in [0.05, 0.1) is 16.8 Å². The van der Waals surface area contributed by atoms with E-state index in [1.807, 2.05) is 6.07 Å². The normalized spacial score (nSPS) is 15.7. The van der Waals surface area contributed by atoms with E-state index in [4.69, 9.17) is 9.97 Å². The number of nitrogens with one attached hydrogen (secondary N) is 1. The molecule has 0 spiro atoms. The van der Waals surface area contributed by atoms with Gasteiger partial charge in [-0.15, -0.1) is 11.3 Å². The molecule has 124 valence electrons. The van der Waals surface area contributed by atoms with Crippen molar-refractivity contribution in [2.24, 2.45) is 0 Å². The number of thiophene rings is 1. The Labute approximate surface area is 146 Å². The summed E-state index contributed by atoms with van der Waals surface area (Å²) >= 11 is 1.70. The van der Waals surface area contributed by atoms with Crippen LogP contribution in [0.4, 0.5) is 5.82 Å². The van der Waals surface area contributed by atoms with Crippen LogP contribution in [0.2, 0.25) is 0 Å². The smallest absolute Gasteiger partial charge is 0.148 e. The van der Waals surface area contributed by atoms with Crippen molar-refractivity contribution in [1.29, 1.82) is 0 Å². The molecule has 1 aliphatic heterocycles. The van der Waals surface area contributed by atoms with E-state index in [1.165, 1.54) is 24.8 Å². The largest absolute Gasteiger partial charge is 0.365 e. The monoisotopic (exact) mass is 338 g/mol. The molecule has 24 heavy (non-hydrogen) atoms. The number of nitrogens with zero attached hydrogens (tertiary/aromatic N) is 3. The van der Waals surface area contributed by atoms with E-state index in [1.54, 1.807) is 11.3 Å². The van der Waals surface area contributed by atoms with Gasteiger partial charge in [-0.25, -0.2) is 9.97 Å². The first-order chi connectivity index (χ1) is 11.9. The van der Waals surface area contributed by atoms with E-state index in [9.17, 15) is 0 Å². The first-order valence-electron chi connectivity index (χ1n) is 8.63. The minimum absolute atomic E-state index is 0.786. The fourth-order valence-corrected chi connectivity index (χ4v) is 4.00. The molecule has 2 aromatic heterocycles. The molecule has 1 aromatic carbocycles. The predicted octanol–water partition coefficient (Wildman–Crippen LogP) is 4.29. The van der Waals surface area contributed by atoms with Crippen LogP contribution >= 0.6 is 11.3 Å². The van der Waals surface area contributed by atoms with Crippen LogP contribution in [0, 0.1) is 0 Å². The van der Waals surface area contributed by atoms with E-state index < -0.39 is 0 Å². The van der Waals surface area contributed by atoms with Gasteiger partial charge in [0.1, 0.15) is 11.6 Å². The van der Waals surface area contributed by atoms with Crippen LogP contribution < -0.4 is 5.32 Å². The molecule has 1 N–H and O–H groups in total. The molecule has 4 rings (SSSR count). The number of anilines is 1. The third-order valence-corrected chi connectivity index (χ3v) is 5.38. The van der Waals surface area contributed by atoms with Gasteiger partial charge in [-0.1, -0.05) is 36.8 Å². The zero-order chi connectivity index (χ0) is 16.2. The molecule has 1 aliphatic rings. The van der Waals surface area contributed by atoms with Crippen LogP contribution in [-0.4, -0.2) is 28.0 Å². The lowest BCUT2D eigenvalue weighted by molar-refractivity contribution is 0.216. The summed E-state index contributed by atoms with van der Waals surface area (Å²) in [5, 5.41) is 5.60. The van der Waals surface area contributed by atoms with Gasteiger partial charge in [0.2, 0.25) is 0 Å². The minimum atomic E-state index is 0.786. The van der Waals surface area contributed by atoms with Gasteiger partial charge >= 0.3 is 0 Å². The summed E-state index contributed by atoms with van der Waals surface area (Å²) < 4.78 is 1.15. The molecule has 0 saturated carbocycles. The maximum atomic E-state index is 4.83. The Morgan fingerprint density at radius 2 is 1.83 bits per heavy atom. The topological polar surface area (TPSA) is 41.1 Å². The molecule has 4 nitrogen and oxygen atoms in total. The number of fused-ring (bicyclic) bond motifs is 1. The maximum absolute atomic E-state index is 4.83. The highest BCUT2D eigenvalue weighted by molar-refractivity contribution is 7.17. The summed E-state index contributed by atoms with van der Waals surface area (Å²) in [4.78, 5) is 12.1. The van der Waals surface area contributed by atoms with Crippen molar-refractivity contribution in [2.45, 2.75) is 32.4 Å². The van der Waals surface area contributed by atoms with Crippen molar-refractivity contribution in [1.82, 2.24) is 14.9 Å². The zero-order valence-electron chi connectivity index (χ0n) is 13.7. The average Bonchev–Trinajstić information content (AvgIpc) is 3.10. The highest BCUT2D eigenvalue weighted by atomic mass is 32.1. The number of rotatable bonds is 5. The first-order valence-corrected chi connectivity index (χ1v) is 9.51. The molecule has 1 fully saturated rings. The lowest BCUT2D eigenvalue weighted by atomic mass is 10.1. The number of hydrogen-bond acceptors (Lipinski definition) is 5. The van der Waals surface area contributed by atoms with Crippen LogP contribution in [0.15, 0.2) is 41.8 Å². The average molecular weight is 338 g/mol. The number of hydrogen-bond donors (Lipinski definition) is 1. The van der Waals surface area contributed by atoms with Crippen molar-refractivity contribution in [3.63, 3.8) is 0 Å². The molecule has 3 aromatic rings. The van der Waals surface area contributed by atoms with Crippen LogP contribution in [0.25, 0.3) is 10.2 Å². The Kier molecular flexibility index (Phi) is 4.71. The second kappa shape index (κ2) is 7.28. The van der Waals surface area contributed by atoms with E-state index in [0.717, 1.165) is 48.0 Å². The van der Waals surface area contributed by atoms with Crippen LogP contribution in [0.3, 0.4) is 0 Å². The van der Waals surface area contributed by atoms with Gasteiger partial charge in [-0.05, 0) is 42.9 Å². The summed E-state index contributed by atoms with van der Waals surface area (Å²) in [6.07, 6.45) is 3.93. The number of likely N-dealkylation sites (tertiary alicyclic amines) is 1. The second-order valence-corrected chi connectivity index (χ2v) is 7.22. The van der Waals surface area contributed by atoms with Crippen LogP contribution in [0.1, 0.15) is 30.7 Å². The standard InChI is InChI=1S/C19H22N4S/c1-3-7-15(8-4-1)13-20-19-18-16(9-12-24-18)21-17(22-19)14-23-10-5-2-6-11-23/h1,3-4,7-9,12H,2,5-6,10-11,13-14H2,(H,20,21,22). The van der Waals surface area contributed by atoms with Crippen LogP contribution in [-0.2, 0) is 13.1 Å². The molecule has 0 atom stereocenters. The van der Waals surface area contributed by atoms with Gasteiger partial charge in [0.25, 0.3) is 0 Å². The molecule has 0 bridgehead atoms. The lowest BCUT2D eigenvalue weighted by Gasteiger charge is -2.25. The second-order valence-electron chi connectivity index (χ2n) is 6.30. The third-order valence-electron chi connectivity index (χ3n) is 4.47. The number of benzene rings is 1. The number of piperidine rings is 1. The van der Waals surface area contributed by atoms with Crippen LogP contribution in [0.5, 0.6) is 0 Å². The Hall–Kier alpha value is -1.98. The van der Waals surface area contributed by atoms with Crippen molar-refractivity contribution in [3.05, 3.63) is 53.2 Å². The van der Waals surface area contributed by atoms with Gasteiger partial charge in [0, 0.05) is 6.54 Å². The summed E-state index contributed by atoms with van der Waals surface area (Å²) in [6, 6.07) is 12.5. The quantitative estimate of drug-likeness (QED) is 0.753. The Bertz CT molecular complexity index is 793. The number of aromatic nitrogens is 2. The first kappa shape index (κ1) is 15.5. The molecule has 0 unspecified atom stereocenters. The van der Waals surface area contributed by atoms with Gasteiger partial charge in [-0.2, -0.15) is 0 Å². The lowest BCUT2D eigenvalue weighted by Crippen LogP contribution is -2.30. The molecule has 0 aliphatic carbocycles. The summed E-state index contributed by atoms with van der Waals surface area (Å²) in [7, 11) is 0. The van der Waals surface area contributed by atoms with E-state index in [2.05, 4.69) is 45.9 Å². The molecule has 5 heteroatoms. The molecular formula is C19H22N4S. The van der Waals surface area contributed by atoms with Crippen molar-refractivity contribution < 1.29 is 0 Å². The van der Waals surface area contributed by atoms with Gasteiger partial charge in [0.15, 0.2) is 0 Å². The minimum Gasteiger partial charge on any atom is -0.365 e. The third kappa shape index (κ3) is 3.57. The van der Waals surface area contributed by atoms with E-state index in [0.29, 0.717) is 0 Å². The summed E-state index contributed by atoms with van der Waals surface area (Å²) in [6.45, 7) is 3.97. The Balaban J connectivity index is 1.55. The van der Waals surface area contributed by atoms with Gasteiger partial charge in [-0.3, -0.25) is 4.90 Å². The highest BCUT2D eigenvalue weighted by Gasteiger charge is 2.14. The molecule has 0 amide bonds. The summed E-state index contributed by atoms with van der Waals surface area (Å²) in [5.41, 5.74) is 2.32. The molecule has 1 saturated heterocycles. The van der Waals surface area contributed by atoms with E-state index >= 15 is 0 Å². The molecule has 0 radical (unpaired) electrons. The Morgan fingerprint density at radius 1 is 1.00 bits per heavy atom. The predicted molar refractivity (Wildman–Crippen MR) is 100 cm³/mol. The maximum Gasteiger partial charge on any atom is 0.148 e. The fourth-order valence-electron chi connectivity index (χ4n) is 3.20. The van der Waals surface area contributed by atoms with Crippen molar-refractivity contribution in [3.8, 4) is 0 Å². The van der Waals surface area contributed by atoms with Crippen molar-refractivity contribution >= 4 is 27.4 Å². The zero-order valence-corrected chi connectivity index (χ0v) is 14.6. The SMILES string of the molecule is c1ccc(CNc2nc(CN3CCCCC3)nc3ccsc23)cc1. The highest BCUT2D eigenvalue weighted by Crippen LogP contribution is 2.27. The van der Waals surface area contributed by atoms with E-state index in [-0.39, 0.29) is 0 Å². The Morgan fingerprint density at radius 3 is 2.67 bits per heavy atom.